The van der Waals surface area contributed by atoms with Crippen molar-refractivity contribution in [2.75, 3.05) is 64.8 Å². The SMILES string of the molecule is CC(C)NC(=O)C(CCCN1CCOCC1)N(C)C(=O)C1CCCN1C(=O)CC(C)OC(=O)C1C[C@@H](C)CN1C=O.Cc1ccccc1.NC(=O)CNC(=O)Nc1ccccc1. The van der Waals surface area contributed by atoms with Gasteiger partial charge in [0.25, 0.3) is 0 Å². The van der Waals surface area contributed by atoms with Gasteiger partial charge in [0.15, 0.2) is 0 Å². The molecule has 2 aromatic carbocycles. The van der Waals surface area contributed by atoms with Crippen LogP contribution in [0.4, 0.5) is 10.5 Å². The van der Waals surface area contributed by atoms with E-state index in [-0.39, 0.29) is 42.6 Å². The smallest absolute Gasteiger partial charge is 0.329 e. The lowest BCUT2D eigenvalue weighted by atomic mass is 10.1. The monoisotopic (exact) mass is 865 g/mol. The Labute approximate surface area is 366 Å². The molecule has 0 aromatic heterocycles. The van der Waals surface area contributed by atoms with Crippen LogP contribution in [0.2, 0.25) is 0 Å². The molecule has 3 fully saturated rings. The Morgan fingerprint density at radius 1 is 0.952 bits per heavy atom. The Morgan fingerprint density at radius 2 is 1.60 bits per heavy atom. The number of morpholine rings is 1. The lowest BCUT2D eigenvalue weighted by molar-refractivity contribution is -0.157. The molecule has 7 amide bonds. The van der Waals surface area contributed by atoms with E-state index >= 15 is 0 Å². The lowest BCUT2D eigenvalue weighted by Gasteiger charge is -2.34. The van der Waals surface area contributed by atoms with Gasteiger partial charge in [0.05, 0.1) is 26.2 Å². The molecule has 5 atom stereocenters. The van der Waals surface area contributed by atoms with Crippen molar-refractivity contribution in [3.63, 3.8) is 0 Å². The summed E-state index contributed by atoms with van der Waals surface area (Å²) in [4.78, 5) is 92.3. The number of benzene rings is 2. The molecule has 3 aliphatic rings. The van der Waals surface area contributed by atoms with E-state index in [1.54, 1.807) is 43.1 Å². The Hall–Kier alpha value is -5.55. The summed E-state index contributed by atoms with van der Waals surface area (Å²) < 4.78 is 11.0. The number of amides is 7. The third kappa shape index (κ3) is 17.8. The second-order valence-corrected chi connectivity index (χ2v) is 16.4. The number of anilines is 1. The number of esters is 1. The molecule has 0 saturated carbocycles. The van der Waals surface area contributed by atoms with Crippen LogP contribution in [0.3, 0.4) is 0 Å². The van der Waals surface area contributed by atoms with Gasteiger partial charge in [0, 0.05) is 45.0 Å². The van der Waals surface area contributed by atoms with Crippen LogP contribution in [0.25, 0.3) is 0 Å². The van der Waals surface area contributed by atoms with Crippen LogP contribution in [0.1, 0.15) is 71.8 Å². The number of para-hydroxylation sites is 1. The first-order chi connectivity index (χ1) is 29.6. The van der Waals surface area contributed by atoms with Gasteiger partial charge in [0.2, 0.25) is 30.0 Å². The fourth-order valence-electron chi connectivity index (χ4n) is 7.43. The Bertz CT molecular complexity index is 1730. The fraction of sp³-hybridized carbons (Fsp3) is 0.578. The fourth-order valence-corrected chi connectivity index (χ4v) is 7.43. The molecule has 3 aliphatic heterocycles. The molecule has 5 N–H and O–H groups in total. The van der Waals surface area contributed by atoms with Gasteiger partial charge in [-0.05, 0) is 84.4 Å². The number of carbonyl (C=O) groups is 7. The van der Waals surface area contributed by atoms with E-state index in [4.69, 9.17) is 15.2 Å². The molecular formula is C45H68N8O9. The maximum absolute atomic E-state index is 13.7. The summed E-state index contributed by atoms with van der Waals surface area (Å²) in [6.45, 7) is 14.2. The van der Waals surface area contributed by atoms with Crippen molar-refractivity contribution in [2.24, 2.45) is 11.7 Å². The van der Waals surface area contributed by atoms with Crippen molar-refractivity contribution < 1.29 is 43.0 Å². The van der Waals surface area contributed by atoms with E-state index in [0.29, 0.717) is 64.1 Å². The van der Waals surface area contributed by atoms with Crippen molar-refractivity contribution in [3.8, 4) is 0 Å². The Morgan fingerprint density at radius 3 is 2.18 bits per heavy atom. The molecule has 3 heterocycles. The molecule has 2 aromatic rings. The first kappa shape index (κ1) is 50.8. The van der Waals surface area contributed by atoms with Gasteiger partial charge in [-0.25, -0.2) is 9.59 Å². The standard InChI is InChI=1S/C29H49N5O7.C9H11N3O2.C7H8/c1-20(2)30-27(37)23(8-6-10-32-12-14-40-15-13-32)31(5)28(38)24-9-7-11-34(24)26(36)17-22(4)41-29(39)25-16-21(3)18-33(25)19-35;10-8(13)6-11-9(14)12-7-4-2-1-3-5-7;1-7-5-3-2-4-6-7/h19-25H,6-18H2,1-5H3,(H,30,37);1-5H,6H2,(H2,10,13)(H2,11,12,14);2-6H,1H3/t21-,22?,23?,24?,25?;;/m1../s1. The highest BCUT2D eigenvalue weighted by Crippen LogP contribution is 2.25. The summed E-state index contributed by atoms with van der Waals surface area (Å²) in [6, 6.07) is 16.7. The highest BCUT2D eigenvalue weighted by molar-refractivity contribution is 5.93. The summed E-state index contributed by atoms with van der Waals surface area (Å²) in [6.07, 6.45) is 2.92. The van der Waals surface area contributed by atoms with E-state index in [0.717, 1.165) is 26.1 Å². The number of nitrogens with two attached hydrogens (primary N) is 1. The van der Waals surface area contributed by atoms with Crippen LogP contribution < -0.4 is 21.7 Å². The van der Waals surface area contributed by atoms with Crippen LogP contribution in [0, 0.1) is 12.8 Å². The molecule has 342 valence electrons. The number of ether oxygens (including phenoxy) is 2. The third-order valence-electron chi connectivity index (χ3n) is 10.6. The summed E-state index contributed by atoms with van der Waals surface area (Å²) in [5.41, 5.74) is 6.84. The zero-order valence-corrected chi connectivity index (χ0v) is 37.3. The largest absolute Gasteiger partial charge is 0.461 e. The highest BCUT2D eigenvalue weighted by atomic mass is 16.5. The summed E-state index contributed by atoms with van der Waals surface area (Å²) in [5.74, 6) is -1.59. The van der Waals surface area contributed by atoms with E-state index < -0.39 is 42.1 Å². The molecule has 5 rings (SSSR count). The van der Waals surface area contributed by atoms with Crippen LogP contribution in [0.15, 0.2) is 60.7 Å². The maximum Gasteiger partial charge on any atom is 0.329 e. The number of nitrogens with zero attached hydrogens (tertiary/aromatic N) is 4. The van der Waals surface area contributed by atoms with E-state index in [1.165, 1.54) is 15.4 Å². The molecule has 0 spiro atoms. The van der Waals surface area contributed by atoms with Gasteiger partial charge in [0.1, 0.15) is 24.2 Å². The number of hydrogen-bond donors (Lipinski definition) is 4. The van der Waals surface area contributed by atoms with E-state index in [9.17, 15) is 33.6 Å². The van der Waals surface area contributed by atoms with Crippen LogP contribution in [-0.2, 0) is 38.2 Å². The molecule has 17 heteroatoms. The molecule has 0 aliphatic carbocycles. The van der Waals surface area contributed by atoms with E-state index in [1.807, 2.05) is 45.0 Å². The molecule has 3 saturated heterocycles. The summed E-state index contributed by atoms with van der Waals surface area (Å²) >= 11 is 0. The Kier molecular flexibility index (Phi) is 21.9. The molecule has 4 unspecified atom stereocenters. The number of primary amides is 1. The highest BCUT2D eigenvalue weighted by Gasteiger charge is 2.40. The van der Waals surface area contributed by atoms with Crippen molar-refractivity contribution in [3.05, 3.63) is 66.2 Å². The van der Waals surface area contributed by atoms with Gasteiger partial charge >= 0.3 is 12.0 Å². The number of nitrogens with one attached hydrogen (secondary N) is 3. The molecule has 17 nitrogen and oxygen atoms in total. The van der Waals surface area contributed by atoms with Gasteiger partial charge in [-0.3, -0.25) is 28.9 Å². The van der Waals surface area contributed by atoms with Crippen molar-refractivity contribution in [2.45, 2.75) is 103 Å². The third-order valence-corrected chi connectivity index (χ3v) is 10.6. The number of likely N-dealkylation sites (N-methyl/N-ethyl adjacent to an activating group) is 1. The quantitative estimate of drug-likeness (QED) is 0.143. The van der Waals surface area contributed by atoms with Crippen LogP contribution in [-0.4, -0.2) is 151 Å². The molecular weight excluding hydrogens is 797 g/mol. The van der Waals surface area contributed by atoms with Crippen molar-refractivity contribution in [1.82, 2.24) is 30.2 Å². The molecule has 0 bridgehead atoms. The van der Waals surface area contributed by atoms with Crippen LogP contribution >= 0.6 is 0 Å². The number of urea groups is 1. The predicted molar refractivity (Wildman–Crippen MR) is 235 cm³/mol. The topological polar surface area (TPSA) is 213 Å². The summed E-state index contributed by atoms with van der Waals surface area (Å²) in [5, 5.41) is 7.79. The zero-order chi connectivity index (χ0) is 45.6. The average molecular weight is 865 g/mol. The van der Waals surface area contributed by atoms with Crippen molar-refractivity contribution in [1.29, 1.82) is 0 Å². The average Bonchev–Trinajstić information content (AvgIpc) is 3.89. The number of rotatable bonds is 16. The number of likely N-dealkylation sites (tertiary alicyclic amines) is 2. The van der Waals surface area contributed by atoms with E-state index in [2.05, 4.69) is 39.9 Å². The minimum atomic E-state index is -0.696. The number of carbonyl (C=O) groups excluding carboxylic acids is 7. The molecule has 62 heavy (non-hydrogen) atoms. The zero-order valence-electron chi connectivity index (χ0n) is 37.3. The maximum atomic E-state index is 13.7. The minimum Gasteiger partial charge on any atom is -0.461 e. The normalized spacial score (nSPS) is 19.4. The van der Waals surface area contributed by atoms with Crippen LogP contribution in [0.5, 0.6) is 0 Å². The first-order valence-electron chi connectivity index (χ1n) is 21.6. The van der Waals surface area contributed by atoms with Crippen molar-refractivity contribution >= 4 is 47.7 Å². The number of aryl methyl sites for hydroxylation is 1. The van der Waals surface area contributed by atoms with Gasteiger partial charge in [-0.1, -0.05) is 61.0 Å². The second kappa shape index (κ2) is 26.7. The number of hydrogen-bond acceptors (Lipinski definition) is 10. The predicted octanol–water partition coefficient (Wildman–Crippen LogP) is 2.92. The lowest BCUT2D eigenvalue weighted by Crippen LogP contribution is -2.54. The molecule has 0 radical (unpaired) electrons. The minimum absolute atomic E-state index is 0.0561. The second-order valence-electron chi connectivity index (χ2n) is 16.4. The Balaban J connectivity index is 0.000000395. The van der Waals surface area contributed by atoms with Gasteiger partial charge in [-0.15, -0.1) is 0 Å². The van der Waals surface area contributed by atoms with Gasteiger partial charge in [-0.2, -0.15) is 0 Å². The summed E-state index contributed by atoms with van der Waals surface area (Å²) in [7, 11) is 1.65. The van der Waals surface area contributed by atoms with Gasteiger partial charge < -0.3 is 45.9 Å². The first-order valence-corrected chi connectivity index (χ1v) is 21.6.